The number of furan rings is 1. The summed E-state index contributed by atoms with van der Waals surface area (Å²) in [6, 6.07) is 15.1. The third-order valence-electron chi connectivity index (χ3n) is 4.17. The third-order valence-corrected chi connectivity index (χ3v) is 4.17. The van der Waals surface area contributed by atoms with Crippen LogP contribution in [0, 0.1) is 6.92 Å². The molecule has 1 N–H and O–H groups in total. The average Bonchev–Trinajstić information content (AvgIpc) is 3.36. The molecule has 7 nitrogen and oxygen atoms in total. The van der Waals surface area contributed by atoms with Gasteiger partial charge in [-0.25, -0.2) is 10.1 Å². The molecule has 3 heterocycles. The molecule has 1 aromatic carbocycles. The molecule has 0 bridgehead atoms. The summed E-state index contributed by atoms with van der Waals surface area (Å²) in [5.74, 6) is 0.210. The van der Waals surface area contributed by atoms with Crippen LogP contribution in [0.2, 0.25) is 0 Å². The number of nitrogens with one attached hydrogen (secondary N) is 1. The number of nitrogens with zero attached hydrogens (tertiary/aromatic N) is 4. The minimum Gasteiger partial charge on any atom is -0.469 e. The summed E-state index contributed by atoms with van der Waals surface area (Å²) in [7, 11) is 0. The van der Waals surface area contributed by atoms with Gasteiger partial charge in [0, 0.05) is 29.7 Å². The molecule has 138 valence electrons. The molecule has 28 heavy (non-hydrogen) atoms. The summed E-state index contributed by atoms with van der Waals surface area (Å²) < 4.78 is 6.92. The van der Waals surface area contributed by atoms with Gasteiger partial charge in [0.05, 0.1) is 23.7 Å². The fourth-order valence-corrected chi connectivity index (χ4v) is 2.76. The lowest BCUT2D eigenvalue weighted by molar-refractivity contribution is 0.0953. The second-order valence-electron chi connectivity index (χ2n) is 6.04. The molecule has 0 fully saturated rings. The Bertz CT molecular complexity index is 1110. The van der Waals surface area contributed by atoms with Crippen molar-refractivity contribution in [3.05, 3.63) is 90.3 Å². The second kappa shape index (κ2) is 7.71. The van der Waals surface area contributed by atoms with E-state index in [0.29, 0.717) is 11.3 Å². The number of hydrogen-bond donors (Lipinski definition) is 1. The van der Waals surface area contributed by atoms with Crippen molar-refractivity contribution in [1.29, 1.82) is 0 Å². The highest BCUT2D eigenvalue weighted by Gasteiger charge is 2.12. The molecule has 0 unspecified atom stereocenters. The summed E-state index contributed by atoms with van der Waals surface area (Å²) in [6.07, 6.45) is 8.35. The molecule has 1 amide bonds. The van der Waals surface area contributed by atoms with Gasteiger partial charge in [-0.1, -0.05) is 18.2 Å². The molecule has 0 aliphatic rings. The first-order chi connectivity index (χ1) is 13.7. The minimum atomic E-state index is -0.333. The first-order valence-corrected chi connectivity index (χ1v) is 8.65. The van der Waals surface area contributed by atoms with E-state index in [2.05, 4.69) is 20.6 Å². The molecule has 4 aromatic rings. The molecule has 7 heteroatoms. The van der Waals surface area contributed by atoms with E-state index in [9.17, 15) is 4.79 Å². The van der Waals surface area contributed by atoms with Crippen molar-refractivity contribution in [3.63, 3.8) is 0 Å². The van der Waals surface area contributed by atoms with Crippen LogP contribution in [0.3, 0.4) is 0 Å². The standard InChI is InChI=1S/C21H17N5O2/c1-15-19(9-11-28-15)21(27)24-23-13-17-14-26(18-7-3-2-4-8-18)25-20(17)16-6-5-10-22-12-16/h2-14H,1H3,(H,24,27)/b23-13-. The zero-order chi connectivity index (χ0) is 19.3. The lowest BCUT2D eigenvalue weighted by Gasteiger charge is -2.00. The number of carbonyl (C=O) groups is 1. The largest absolute Gasteiger partial charge is 0.469 e. The van der Waals surface area contributed by atoms with Gasteiger partial charge in [0.25, 0.3) is 5.91 Å². The van der Waals surface area contributed by atoms with Crippen LogP contribution in [-0.2, 0) is 0 Å². The molecule has 3 aromatic heterocycles. The van der Waals surface area contributed by atoms with Crippen molar-refractivity contribution in [2.75, 3.05) is 0 Å². The number of rotatable bonds is 5. The van der Waals surface area contributed by atoms with Crippen LogP contribution < -0.4 is 5.43 Å². The van der Waals surface area contributed by atoms with Crippen molar-refractivity contribution in [1.82, 2.24) is 20.2 Å². The van der Waals surface area contributed by atoms with Gasteiger partial charge in [-0.15, -0.1) is 0 Å². The van der Waals surface area contributed by atoms with E-state index in [1.165, 1.54) is 6.26 Å². The molecule has 4 rings (SSSR count). The first kappa shape index (κ1) is 17.4. The minimum absolute atomic E-state index is 0.333. The number of pyridine rings is 1. The smallest absolute Gasteiger partial charge is 0.274 e. The Kier molecular flexibility index (Phi) is 4.79. The zero-order valence-corrected chi connectivity index (χ0v) is 15.1. The maximum absolute atomic E-state index is 12.2. The fraction of sp³-hybridized carbons (Fsp3) is 0.0476. The molecular weight excluding hydrogens is 354 g/mol. The quantitative estimate of drug-likeness (QED) is 0.429. The maximum Gasteiger partial charge on any atom is 0.274 e. The van der Waals surface area contributed by atoms with Gasteiger partial charge < -0.3 is 4.42 Å². The number of amides is 1. The van der Waals surface area contributed by atoms with Gasteiger partial charge in [-0.2, -0.15) is 10.2 Å². The van der Waals surface area contributed by atoms with E-state index in [4.69, 9.17) is 4.42 Å². The van der Waals surface area contributed by atoms with E-state index < -0.39 is 0 Å². The maximum atomic E-state index is 12.2. The first-order valence-electron chi connectivity index (χ1n) is 8.65. The number of hydrogen-bond acceptors (Lipinski definition) is 5. The lowest BCUT2D eigenvalue weighted by atomic mass is 10.1. The van der Waals surface area contributed by atoms with Gasteiger partial charge in [0.2, 0.25) is 0 Å². The predicted molar refractivity (Wildman–Crippen MR) is 105 cm³/mol. The van der Waals surface area contributed by atoms with Crippen LogP contribution in [0.4, 0.5) is 0 Å². The third kappa shape index (κ3) is 3.59. The van der Waals surface area contributed by atoms with E-state index >= 15 is 0 Å². The van der Waals surface area contributed by atoms with Crippen molar-refractivity contribution in [2.24, 2.45) is 5.10 Å². The molecular formula is C21H17N5O2. The highest BCUT2D eigenvalue weighted by atomic mass is 16.3. The van der Waals surface area contributed by atoms with Crippen molar-refractivity contribution >= 4 is 12.1 Å². The van der Waals surface area contributed by atoms with Crippen LogP contribution in [0.1, 0.15) is 21.7 Å². The van der Waals surface area contributed by atoms with E-state index in [0.717, 1.165) is 22.5 Å². The normalized spacial score (nSPS) is 11.0. The molecule has 0 radical (unpaired) electrons. The van der Waals surface area contributed by atoms with Gasteiger partial charge in [-0.3, -0.25) is 9.78 Å². The highest BCUT2D eigenvalue weighted by Crippen LogP contribution is 2.21. The van der Waals surface area contributed by atoms with Crippen LogP contribution in [-0.4, -0.2) is 26.9 Å². The molecule has 0 aliphatic carbocycles. The van der Waals surface area contributed by atoms with Gasteiger partial charge in [0.15, 0.2) is 0 Å². The van der Waals surface area contributed by atoms with Crippen LogP contribution in [0.5, 0.6) is 0 Å². The second-order valence-corrected chi connectivity index (χ2v) is 6.04. The number of aromatic nitrogens is 3. The summed E-state index contributed by atoms with van der Waals surface area (Å²) in [6.45, 7) is 1.73. The molecule has 0 saturated heterocycles. The Morgan fingerprint density at radius 3 is 2.75 bits per heavy atom. The van der Waals surface area contributed by atoms with Gasteiger partial charge >= 0.3 is 0 Å². The number of para-hydroxylation sites is 1. The summed E-state index contributed by atoms with van der Waals surface area (Å²) in [4.78, 5) is 16.3. The number of benzene rings is 1. The van der Waals surface area contributed by atoms with E-state index in [1.807, 2.05) is 48.7 Å². The highest BCUT2D eigenvalue weighted by molar-refractivity contribution is 5.96. The molecule has 0 atom stereocenters. The Morgan fingerprint density at radius 2 is 2.04 bits per heavy atom. The van der Waals surface area contributed by atoms with Gasteiger partial charge in [0.1, 0.15) is 11.5 Å². The topological polar surface area (TPSA) is 85.3 Å². The van der Waals surface area contributed by atoms with E-state index in [1.54, 1.807) is 36.3 Å². The van der Waals surface area contributed by atoms with Gasteiger partial charge in [-0.05, 0) is 37.3 Å². The van der Waals surface area contributed by atoms with Crippen LogP contribution in [0.15, 0.2) is 82.9 Å². The number of hydrazone groups is 1. The Morgan fingerprint density at radius 1 is 1.18 bits per heavy atom. The lowest BCUT2D eigenvalue weighted by Crippen LogP contribution is -2.17. The monoisotopic (exact) mass is 371 g/mol. The molecule has 0 aliphatic heterocycles. The molecule has 0 spiro atoms. The Labute approximate surface area is 161 Å². The van der Waals surface area contributed by atoms with E-state index in [-0.39, 0.29) is 5.91 Å². The number of carbonyl (C=O) groups excluding carboxylic acids is 1. The summed E-state index contributed by atoms with van der Waals surface area (Å²) >= 11 is 0. The summed E-state index contributed by atoms with van der Waals surface area (Å²) in [5, 5.41) is 8.76. The van der Waals surface area contributed by atoms with Crippen LogP contribution in [0.25, 0.3) is 16.9 Å². The predicted octanol–water partition coefficient (Wildman–Crippen LogP) is 3.60. The zero-order valence-electron chi connectivity index (χ0n) is 15.1. The number of aryl methyl sites for hydroxylation is 1. The Hall–Kier alpha value is -4.00. The van der Waals surface area contributed by atoms with Crippen LogP contribution >= 0.6 is 0 Å². The Balaban J connectivity index is 1.64. The van der Waals surface area contributed by atoms with Crippen molar-refractivity contribution < 1.29 is 9.21 Å². The van der Waals surface area contributed by atoms with Crippen molar-refractivity contribution in [3.8, 4) is 16.9 Å². The summed E-state index contributed by atoms with van der Waals surface area (Å²) in [5.41, 5.74) is 6.22. The van der Waals surface area contributed by atoms with Crippen molar-refractivity contribution in [2.45, 2.75) is 6.92 Å². The molecule has 0 saturated carbocycles. The average molecular weight is 371 g/mol. The SMILES string of the molecule is Cc1occc1C(=O)N/N=C\c1cn(-c2ccccc2)nc1-c1cccnc1. The fourth-order valence-electron chi connectivity index (χ4n) is 2.76.